The molecule has 0 aromatic heterocycles. The zero-order valence-electron chi connectivity index (χ0n) is 13.1. The molecule has 0 spiro atoms. The molecule has 1 N–H and O–H groups in total. The molecule has 1 amide bonds. The van der Waals surface area contributed by atoms with Crippen LogP contribution in [-0.4, -0.2) is 11.6 Å². The van der Waals surface area contributed by atoms with E-state index in [0.29, 0.717) is 6.42 Å². The molecule has 3 heteroatoms. The van der Waals surface area contributed by atoms with E-state index in [-0.39, 0.29) is 11.8 Å². The summed E-state index contributed by atoms with van der Waals surface area (Å²) < 4.78 is 0. The first kappa shape index (κ1) is 16.0. The molecule has 0 fully saturated rings. The molecule has 0 unspecified atom stereocenters. The van der Waals surface area contributed by atoms with Gasteiger partial charge in [-0.2, -0.15) is 5.10 Å². The third kappa shape index (κ3) is 4.85. The maximum Gasteiger partial charge on any atom is 0.240 e. The number of carbonyl (C=O) groups excluding carboxylic acids is 1. The largest absolute Gasteiger partial charge is 0.273 e. The number of aryl methyl sites for hydroxylation is 1. The maximum absolute atomic E-state index is 12.0. The highest BCUT2D eigenvalue weighted by atomic mass is 16.2. The summed E-state index contributed by atoms with van der Waals surface area (Å²) in [6.45, 7) is 4.14. The Labute approximate surface area is 132 Å². The van der Waals surface area contributed by atoms with Gasteiger partial charge in [-0.15, -0.1) is 0 Å². The van der Waals surface area contributed by atoms with Crippen LogP contribution in [0, 0.1) is 5.92 Å². The summed E-state index contributed by atoms with van der Waals surface area (Å²) in [7, 11) is 0. The van der Waals surface area contributed by atoms with E-state index >= 15 is 0 Å². The first-order chi connectivity index (χ1) is 10.7. The molecule has 0 aliphatic carbocycles. The highest BCUT2D eigenvalue weighted by Crippen LogP contribution is 2.09. The van der Waals surface area contributed by atoms with E-state index in [1.807, 2.05) is 60.7 Å². The van der Waals surface area contributed by atoms with Crippen LogP contribution in [0.3, 0.4) is 0 Å². The van der Waals surface area contributed by atoms with Gasteiger partial charge in [0.15, 0.2) is 0 Å². The average molecular weight is 294 g/mol. The lowest BCUT2D eigenvalue weighted by molar-refractivity contribution is -0.121. The molecule has 22 heavy (non-hydrogen) atoms. The Morgan fingerprint density at radius 1 is 1.00 bits per heavy atom. The summed E-state index contributed by atoms with van der Waals surface area (Å²) in [5.74, 6) is 0.190. The van der Waals surface area contributed by atoms with E-state index in [0.717, 1.165) is 23.3 Å². The molecular formula is C19H22N2O. The van der Waals surface area contributed by atoms with Crippen LogP contribution in [0.5, 0.6) is 0 Å². The molecule has 0 heterocycles. The summed E-state index contributed by atoms with van der Waals surface area (Å²) in [4.78, 5) is 12.0. The monoisotopic (exact) mass is 294 g/mol. The van der Waals surface area contributed by atoms with Crippen LogP contribution in [0.2, 0.25) is 0 Å². The van der Waals surface area contributed by atoms with E-state index in [2.05, 4.69) is 24.4 Å². The number of benzene rings is 2. The molecule has 2 aromatic rings. The summed E-state index contributed by atoms with van der Waals surface area (Å²) >= 11 is 0. The van der Waals surface area contributed by atoms with Crippen LogP contribution < -0.4 is 5.43 Å². The van der Waals surface area contributed by atoms with Crippen molar-refractivity contribution in [2.24, 2.45) is 11.0 Å². The summed E-state index contributed by atoms with van der Waals surface area (Å²) in [6, 6.07) is 19.9. The standard InChI is InChI=1S/C19H22N2O/c1-15(2)19(17-11-7-4-8-12-17)21-20-18(22)14-13-16-9-5-3-6-10-16/h3-12,15H,13-14H2,1-2H3,(H,20,22)/b21-19-. The molecule has 0 aliphatic rings. The molecule has 3 nitrogen and oxygen atoms in total. The van der Waals surface area contributed by atoms with Crippen molar-refractivity contribution in [2.75, 3.05) is 0 Å². The molecule has 114 valence electrons. The van der Waals surface area contributed by atoms with Crippen molar-refractivity contribution in [2.45, 2.75) is 26.7 Å². The number of hydrogen-bond acceptors (Lipinski definition) is 2. The quantitative estimate of drug-likeness (QED) is 0.639. The van der Waals surface area contributed by atoms with Crippen molar-refractivity contribution >= 4 is 11.6 Å². The number of rotatable bonds is 6. The van der Waals surface area contributed by atoms with Gasteiger partial charge in [-0.1, -0.05) is 74.5 Å². The van der Waals surface area contributed by atoms with E-state index < -0.39 is 0 Å². The second kappa shape index (κ2) is 8.13. The number of nitrogens with zero attached hydrogens (tertiary/aromatic N) is 1. The van der Waals surface area contributed by atoms with Crippen LogP contribution in [0.4, 0.5) is 0 Å². The minimum absolute atomic E-state index is 0.0575. The maximum atomic E-state index is 12.0. The van der Waals surface area contributed by atoms with E-state index in [4.69, 9.17) is 0 Å². The Balaban J connectivity index is 1.95. The number of hydrogen-bond donors (Lipinski definition) is 1. The SMILES string of the molecule is CC(C)/C(=N/NC(=O)CCc1ccccc1)c1ccccc1. The van der Waals surface area contributed by atoms with Crippen LogP contribution in [0.1, 0.15) is 31.4 Å². The fourth-order valence-electron chi connectivity index (χ4n) is 2.22. The minimum Gasteiger partial charge on any atom is -0.273 e. The molecule has 2 rings (SSSR count). The molecule has 0 radical (unpaired) electrons. The van der Waals surface area contributed by atoms with Crippen molar-refractivity contribution in [3.8, 4) is 0 Å². The molecule has 0 bridgehead atoms. The van der Waals surface area contributed by atoms with E-state index in [9.17, 15) is 4.79 Å². The van der Waals surface area contributed by atoms with Gasteiger partial charge < -0.3 is 0 Å². The Bertz CT molecular complexity index is 618. The number of hydrazone groups is 1. The van der Waals surface area contributed by atoms with Crippen molar-refractivity contribution in [1.29, 1.82) is 0 Å². The predicted molar refractivity (Wildman–Crippen MR) is 90.7 cm³/mol. The van der Waals surface area contributed by atoms with E-state index in [1.165, 1.54) is 0 Å². The highest BCUT2D eigenvalue weighted by molar-refractivity contribution is 6.02. The summed E-state index contributed by atoms with van der Waals surface area (Å²) in [5, 5.41) is 4.32. The number of amides is 1. The summed E-state index contributed by atoms with van der Waals surface area (Å²) in [6.07, 6.45) is 1.16. The van der Waals surface area contributed by atoms with Crippen molar-refractivity contribution in [1.82, 2.24) is 5.43 Å². The van der Waals surface area contributed by atoms with Gasteiger partial charge in [0.2, 0.25) is 5.91 Å². The lowest BCUT2D eigenvalue weighted by Gasteiger charge is -2.10. The van der Waals surface area contributed by atoms with Gasteiger partial charge in [0.25, 0.3) is 0 Å². The summed E-state index contributed by atoms with van der Waals surface area (Å²) in [5.41, 5.74) is 5.78. The molecule has 2 aromatic carbocycles. The zero-order chi connectivity index (χ0) is 15.8. The van der Waals surface area contributed by atoms with Gasteiger partial charge >= 0.3 is 0 Å². The van der Waals surface area contributed by atoms with Crippen LogP contribution in [0.25, 0.3) is 0 Å². The highest BCUT2D eigenvalue weighted by Gasteiger charge is 2.09. The zero-order valence-corrected chi connectivity index (χ0v) is 13.1. The molecule has 0 saturated heterocycles. The second-order valence-corrected chi connectivity index (χ2v) is 5.54. The third-order valence-electron chi connectivity index (χ3n) is 3.40. The third-order valence-corrected chi connectivity index (χ3v) is 3.40. The van der Waals surface area contributed by atoms with Crippen molar-refractivity contribution in [3.05, 3.63) is 71.8 Å². The van der Waals surface area contributed by atoms with Crippen molar-refractivity contribution in [3.63, 3.8) is 0 Å². The van der Waals surface area contributed by atoms with Crippen LogP contribution >= 0.6 is 0 Å². The fraction of sp³-hybridized carbons (Fsp3) is 0.263. The smallest absolute Gasteiger partial charge is 0.240 e. The van der Waals surface area contributed by atoms with Crippen LogP contribution in [0.15, 0.2) is 65.8 Å². The first-order valence-corrected chi connectivity index (χ1v) is 7.62. The molecule has 0 aliphatic heterocycles. The molecular weight excluding hydrogens is 272 g/mol. The lowest BCUT2D eigenvalue weighted by atomic mass is 10.0. The Kier molecular flexibility index (Phi) is 5.90. The lowest BCUT2D eigenvalue weighted by Crippen LogP contribution is -2.22. The normalized spacial score (nSPS) is 11.5. The van der Waals surface area contributed by atoms with Gasteiger partial charge in [0, 0.05) is 6.42 Å². The van der Waals surface area contributed by atoms with E-state index in [1.54, 1.807) is 0 Å². The van der Waals surface area contributed by atoms with Gasteiger partial charge in [-0.3, -0.25) is 4.79 Å². The Hall–Kier alpha value is -2.42. The van der Waals surface area contributed by atoms with Crippen LogP contribution in [-0.2, 0) is 11.2 Å². The van der Waals surface area contributed by atoms with Gasteiger partial charge in [-0.05, 0) is 23.5 Å². The number of carbonyl (C=O) groups is 1. The average Bonchev–Trinajstić information content (AvgIpc) is 2.55. The first-order valence-electron chi connectivity index (χ1n) is 7.62. The topological polar surface area (TPSA) is 41.5 Å². The van der Waals surface area contributed by atoms with Gasteiger partial charge in [0.1, 0.15) is 0 Å². The second-order valence-electron chi connectivity index (χ2n) is 5.54. The Morgan fingerprint density at radius 2 is 1.59 bits per heavy atom. The van der Waals surface area contributed by atoms with Gasteiger partial charge in [0.05, 0.1) is 5.71 Å². The number of nitrogens with one attached hydrogen (secondary N) is 1. The molecule has 0 atom stereocenters. The Morgan fingerprint density at radius 3 is 2.18 bits per heavy atom. The minimum atomic E-state index is -0.0575. The fourth-order valence-corrected chi connectivity index (χ4v) is 2.22. The molecule has 0 saturated carbocycles. The predicted octanol–water partition coefficient (Wildman–Crippen LogP) is 3.80. The van der Waals surface area contributed by atoms with Gasteiger partial charge in [-0.25, -0.2) is 5.43 Å². The van der Waals surface area contributed by atoms with Crippen molar-refractivity contribution < 1.29 is 4.79 Å².